The summed E-state index contributed by atoms with van der Waals surface area (Å²) in [4.78, 5) is 26.1. The van der Waals surface area contributed by atoms with E-state index in [4.69, 9.17) is 6.42 Å². The number of aromatic nitrogens is 1. The maximum absolute atomic E-state index is 11.6. The molecule has 0 aliphatic rings. The number of pyridine rings is 1. The van der Waals surface area contributed by atoms with E-state index in [2.05, 4.69) is 10.9 Å². The summed E-state index contributed by atoms with van der Waals surface area (Å²) in [7, 11) is 1.60. The monoisotopic (exact) mass is 190 g/mol. The highest BCUT2D eigenvalue weighted by Crippen LogP contribution is 1.98. The Bertz CT molecular complexity index is 408. The van der Waals surface area contributed by atoms with Crippen molar-refractivity contribution in [2.75, 3.05) is 13.6 Å². The number of aromatic amines is 1. The number of hydrogen-bond acceptors (Lipinski definition) is 2. The van der Waals surface area contributed by atoms with E-state index in [1.165, 1.54) is 23.2 Å². The third-order valence-electron chi connectivity index (χ3n) is 1.71. The Kier molecular flexibility index (Phi) is 3.08. The minimum absolute atomic E-state index is 0.209. The van der Waals surface area contributed by atoms with Crippen LogP contribution in [-0.4, -0.2) is 29.4 Å². The molecule has 72 valence electrons. The Hall–Kier alpha value is -2.02. The van der Waals surface area contributed by atoms with Crippen molar-refractivity contribution in [2.45, 2.75) is 0 Å². The zero-order chi connectivity index (χ0) is 10.6. The highest BCUT2D eigenvalue weighted by atomic mass is 16.2. The van der Waals surface area contributed by atoms with Crippen LogP contribution in [0.4, 0.5) is 0 Å². The second kappa shape index (κ2) is 4.28. The first-order valence-corrected chi connectivity index (χ1v) is 4.03. The second-order valence-corrected chi connectivity index (χ2v) is 2.81. The first-order chi connectivity index (χ1) is 6.65. The fourth-order valence-corrected chi connectivity index (χ4v) is 0.973. The molecule has 0 bridgehead atoms. The zero-order valence-corrected chi connectivity index (χ0v) is 7.78. The number of carbonyl (C=O) groups is 1. The van der Waals surface area contributed by atoms with Crippen molar-refractivity contribution in [3.8, 4) is 12.3 Å². The van der Waals surface area contributed by atoms with Crippen molar-refractivity contribution in [3.05, 3.63) is 34.2 Å². The van der Waals surface area contributed by atoms with Gasteiger partial charge < -0.3 is 9.88 Å². The van der Waals surface area contributed by atoms with Crippen LogP contribution in [0.3, 0.4) is 0 Å². The Morgan fingerprint density at radius 3 is 2.86 bits per heavy atom. The molecule has 0 aliphatic carbocycles. The molecule has 0 aliphatic heterocycles. The van der Waals surface area contributed by atoms with Gasteiger partial charge in [-0.15, -0.1) is 6.42 Å². The maximum Gasteiger partial charge on any atom is 0.255 e. The summed E-state index contributed by atoms with van der Waals surface area (Å²) in [5.41, 5.74) is 0.184. The van der Waals surface area contributed by atoms with Crippen molar-refractivity contribution in [1.82, 2.24) is 9.88 Å². The summed E-state index contributed by atoms with van der Waals surface area (Å²) < 4.78 is 0. The van der Waals surface area contributed by atoms with Crippen molar-refractivity contribution in [1.29, 1.82) is 0 Å². The lowest BCUT2D eigenvalue weighted by atomic mass is 10.2. The lowest BCUT2D eigenvalue weighted by molar-refractivity contribution is 0.0812. The minimum Gasteiger partial charge on any atom is -0.331 e. The van der Waals surface area contributed by atoms with Crippen LogP contribution in [0.2, 0.25) is 0 Å². The molecule has 4 nitrogen and oxygen atoms in total. The molecule has 0 fully saturated rings. The van der Waals surface area contributed by atoms with Gasteiger partial charge in [0.05, 0.1) is 12.1 Å². The molecule has 0 atom stereocenters. The summed E-state index contributed by atoms with van der Waals surface area (Å²) in [6.45, 7) is 0.248. The van der Waals surface area contributed by atoms with Crippen LogP contribution in [0.25, 0.3) is 0 Å². The standard InChI is InChI=1S/C10H10N2O2/c1-3-6-12(2)10(14)8-4-5-9(13)11-7-8/h1,4-5,7H,6H2,2H3,(H,11,13). The molecule has 1 N–H and O–H groups in total. The van der Waals surface area contributed by atoms with Gasteiger partial charge in [0.2, 0.25) is 5.56 Å². The van der Waals surface area contributed by atoms with Crippen LogP contribution in [0.1, 0.15) is 10.4 Å². The summed E-state index contributed by atoms with van der Waals surface area (Å²) >= 11 is 0. The fraction of sp³-hybridized carbons (Fsp3) is 0.200. The van der Waals surface area contributed by atoms with Crippen LogP contribution >= 0.6 is 0 Å². The SMILES string of the molecule is C#CCN(C)C(=O)c1ccc(=O)[nH]c1. The van der Waals surface area contributed by atoms with Crippen molar-refractivity contribution >= 4 is 5.91 Å². The van der Waals surface area contributed by atoms with Gasteiger partial charge in [-0.05, 0) is 6.07 Å². The van der Waals surface area contributed by atoms with E-state index in [1.54, 1.807) is 7.05 Å². The largest absolute Gasteiger partial charge is 0.331 e. The first-order valence-electron chi connectivity index (χ1n) is 4.03. The molecule has 1 heterocycles. The molecule has 0 saturated carbocycles. The van der Waals surface area contributed by atoms with Gasteiger partial charge in [0, 0.05) is 19.3 Å². The Morgan fingerprint density at radius 1 is 1.64 bits per heavy atom. The number of H-pyrrole nitrogens is 1. The summed E-state index contributed by atoms with van der Waals surface area (Å²) in [6, 6.07) is 2.77. The molecule has 0 spiro atoms. The van der Waals surface area contributed by atoms with E-state index in [0.717, 1.165) is 0 Å². The average Bonchev–Trinajstić information content (AvgIpc) is 2.18. The fourth-order valence-electron chi connectivity index (χ4n) is 0.973. The Morgan fingerprint density at radius 2 is 2.36 bits per heavy atom. The molecule has 4 heteroatoms. The van der Waals surface area contributed by atoms with E-state index < -0.39 is 0 Å². The minimum atomic E-state index is -0.235. The number of carbonyl (C=O) groups excluding carboxylic acids is 1. The molecule has 14 heavy (non-hydrogen) atoms. The van der Waals surface area contributed by atoms with E-state index in [-0.39, 0.29) is 18.0 Å². The van der Waals surface area contributed by atoms with Gasteiger partial charge in [-0.2, -0.15) is 0 Å². The maximum atomic E-state index is 11.6. The summed E-state index contributed by atoms with van der Waals surface area (Å²) in [5.74, 6) is 2.15. The third-order valence-corrected chi connectivity index (χ3v) is 1.71. The van der Waals surface area contributed by atoms with Crippen LogP contribution in [0.15, 0.2) is 23.1 Å². The van der Waals surface area contributed by atoms with Gasteiger partial charge in [-0.25, -0.2) is 0 Å². The quantitative estimate of drug-likeness (QED) is 0.671. The second-order valence-electron chi connectivity index (χ2n) is 2.81. The van der Waals surface area contributed by atoms with Crippen molar-refractivity contribution in [2.24, 2.45) is 0 Å². The first kappa shape index (κ1) is 10.1. The predicted molar refractivity (Wildman–Crippen MR) is 52.9 cm³/mol. The zero-order valence-electron chi connectivity index (χ0n) is 7.78. The van der Waals surface area contributed by atoms with E-state index in [1.807, 2.05) is 0 Å². The van der Waals surface area contributed by atoms with Crippen LogP contribution in [0.5, 0.6) is 0 Å². The molecule has 1 rings (SSSR count). The lowest BCUT2D eigenvalue weighted by Crippen LogP contribution is -2.27. The van der Waals surface area contributed by atoms with Gasteiger partial charge in [-0.1, -0.05) is 5.92 Å². The summed E-state index contributed by atoms with van der Waals surface area (Å²) in [6.07, 6.45) is 6.44. The number of terminal acetylenes is 1. The normalized spacial score (nSPS) is 9.14. The highest BCUT2D eigenvalue weighted by Gasteiger charge is 2.09. The number of nitrogens with zero attached hydrogens (tertiary/aromatic N) is 1. The van der Waals surface area contributed by atoms with Gasteiger partial charge in [0.25, 0.3) is 5.91 Å². The van der Waals surface area contributed by atoms with E-state index in [9.17, 15) is 9.59 Å². The molecule has 0 saturated heterocycles. The molecule has 1 amide bonds. The topological polar surface area (TPSA) is 53.2 Å². The summed E-state index contributed by atoms with van der Waals surface area (Å²) in [5, 5.41) is 0. The van der Waals surface area contributed by atoms with Crippen LogP contribution in [0, 0.1) is 12.3 Å². The van der Waals surface area contributed by atoms with E-state index in [0.29, 0.717) is 5.56 Å². The lowest BCUT2D eigenvalue weighted by Gasteiger charge is -2.12. The number of hydrogen-bond donors (Lipinski definition) is 1. The highest BCUT2D eigenvalue weighted by molar-refractivity contribution is 5.93. The number of nitrogens with one attached hydrogen (secondary N) is 1. The average molecular weight is 190 g/mol. The molecule has 1 aromatic rings. The van der Waals surface area contributed by atoms with Crippen LogP contribution in [-0.2, 0) is 0 Å². The smallest absolute Gasteiger partial charge is 0.255 e. The van der Waals surface area contributed by atoms with Crippen LogP contribution < -0.4 is 5.56 Å². The van der Waals surface area contributed by atoms with Gasteiger partial charge in [0.15, 0.2) is 0 Å². The van der Waals surface area contributed by atoms with Gasteiger partial charge >= 0.3 is 0 Å². The molecular weight excluding hydrogens is 180 g/mol. The van der Waals surface area contributed by atoms with Crippen molar-refractivity contribution < 1.29 is 4.79 Å². The predicted octanol–water partition coefficient (Wildman–Crippen LogP) is 0.0801. The van der Waals surface area contributed by atoms with Crippen molar-refractivity contribution in [3.63, 3.8) is 0 Å². The molecule has 1 aromatic heterocycles. The van der Waals surface area contributed by atoms with E-state index >= 15 is 0 Å². The molecular formula is C10H10N2O2. The third kappa shape index (κ3) is 2.23. The number of amides is 1. The van der Waals surface area contributed by atoms with Gasteiger partial charge in [-0.3, -0.25) is 9.59 Å². The molecule has 0 aromatic carbocycles. The molecule has 0 unspecified atom stereocenters. The van der Waals surface area contributed by atoms with Gasteiger partial charge in [0.1, 0.15) is 0 Å². The Labute approximate surface area is 81.6 Å². The number of rotatable bonds is 2. The molecule has 0 radical (unpaired) electrons. The Balaban J connectivity index is 2.85.